The summed E-state index contributed by atoms with van der Waals surface area (Å²) >= 11 is 0. The summed E-state index contributed by atoms with van der Waals surface area (Å²) in [7, 11) is -1.32. The molecule has 1 aromatic rings. The average Bonchev–Trinajstić information content (AvgIpc) is 2.40. The zero-order valence-electron chi connectivity index (χ0n) is 10.6. The molecule has 0 saturated carbocycles. The second-order valence-corrected chi connectivity index (χ2v) is 5.96. The molecule has 1 aromatic carbocycles. The summed E-state index contributed by atoms with van der Waals surface area (Å²) in [5.41, 5.74) is 6.18. The van der Waals surface area contributed by atoms with E-state index >= 15 is 0 Å². The highest BCUT2D eigenvalue weighted by molar-refractivity contribution is 7.85. The number of carbonyl (C=O) groups excluding carboxylic acids is 1. The highest BCUT2D eigenvalue weighted by atomic mass is 32.2. The number of hydrogen-bond acceptors (Lipinski definition) is 4. The van der Waals surface area contributed by atoms with Crippen LogP contribution in [0.5, 0.6) is 0 Å². The van der Waals surface area contributed by atoms with E-state index in [0.29, 0.717) is 23.8 Å². The first-order chi connectivity index (χ1) is 9.15. The van der Waals surface area contributed by atoms with Gasteiger partial charge in [-0.2, -0.15) is 0 Å². The summed E-state index contributed by atoms with van der Waals surface area (Å²) in [6.07, 6.45) is 1.64. The summed E-state index contributed by atoms with van der Waals surface area (Å²) in [6.45, 7) is 1.35. The molecule has 1 heterocycles. The van der Waals surface area contributed by atoms with Gasteiger partial charge in [0.1, 0.15) is 5.75 Å². The van der Waals surface area contributed by atoms with Gasteiger partial charge in [-0.05, 0) is 37.1 Å². The van der Waals surface area contributed by atoms with Crippen molar-refractivity contribution in [3.05, 3.63) is 24.3 Å². The molecule has 0 radical (unpaired) electrons. The second-order valence-electron chi connectivity index (χ2n) is 4.51. The Morgan fingerprint density at radius 3 is 2.58 bits per heavy atom. The Labute approximate surface area is 115 Å². The van der Waals surface area contributed by atoms with E-state index < -0.39 is 10.8 Å². The Morgan fingerprint density at radius 1 is 1.32 bits per heavy atom. The molecular formula is C13H18N2O3S. The topological polar surface area (TPSA) is 81.4 Å². The monoisotopic (exact) mass is 282 g/mol. The van der Waals surface area contributed by atoms with Gasteiger partial charge >= 0.3 is 0 Å². The van der Waals surface area contributed by atoms with Crippen LogP contribution in [0.3, 0.4) is 0 Å². The lowest BCUT2D eigenvalue weighted by Gasteiger charge is -2.22. The largest absolute Gasteiger partial charge is 0.399 e. The standard InChI is InChI=1S/C13H18N2O3S/c14-10-1-3-12(4-2-10)19(17)9-13(16)15-11-5-7-18-8-6-11/h1-4,11H,5-9,14H2,(H,15,16). The summed E-state index contributed by atoms with van der Waals surface area (Å²) in [5, 5.41) is 2.89. The third-order valence-corrected chi connectivity index (χ3v) is 4.31. The minimum absolute atomic E-state index is 0.0126. The van der Waals surface area contributed by atoms with Crippen LogP contribution in [-0.2, 0) is 20.3 Å². The van der Waals surface area contributed by atoms with E-state index in [1.807, 2.05) is 0 Å². The molecule has 0 aromatic heterocycles. The van der Waals surface area contributed by atoms with Crippen LogP contribution in [-0.4, -0.2) is 35.1 Å². The van der Waals surface area contributed by atoms with E-state index in [2.05, 4.69) is 5.32 Å². The molecule has 0 bridgehead atoms. The number of nitrogens with one attached hydrogen (secondary N) is 1. The molecule has 1 fully saturated rings. The number of rotatable bonds is 4. The molecule has 2 rings (SSSR count). The third kappa shape index (κ3) is 4.33. The lowest BCUT2D eigenvalue weighted by Crippen LogP contribution is -2.40. The van der Waals surface area contributed by atoms with Gasteiger partial charge in [-0.25, -0.2) is 0 Å². The molecule has 1 saturated heterocycles. The van der Waals surface area contributed by atoms with Crippen LogP contribution in [0.1, 0.15) is 12.8 Å². The maximum atomic E-state index is 12.0. The van der Waals surface area contributed by atoms with Crippen molar-refractivity contribution in [2.75, 3.05) is 24.7 Å². The quantitative estimate of drug-likeness (QED) is 0.795. The van der Waals surface area contributed by atoms with E-state index in [9.17, 15) is 9.00 Å². The van der Waals surface area contributed by atoms with Gasteiger partial charge in [0.05, 0.1) is 10.8 Å². The normalized spacial score (nSPS) is 17.9. The minimum atomic E-state index is -1.32. The molecule has 1 amide bonds. The molecule has 3 N–H and O–H groups in total. The van der Waals surface area contributed by atoms with Crippen molar-refractivity contribution < 1.29 is 13.7 Å². The first-order valence-corrected chi connectivity index (χ1v) is 7.58. The molecule has 1 atom stereocenters. The van der Waals surface area contributed by atoms with Crippen molar-refractivity contribution in [2.24, 2.45) is 0 Å². The molecule has 0 aliphatic carbocycles. The van der Waals surface area contributed by atoms with Gasteiger partial charge in [0.25, 0.3) is 0 Å². The maximum absolute atomic E-state index is 12.0. The molecule has 1 unspecified atom stereocenters. The average molecular weight is 282 g/mol. The Balaban J connectivity index is 1.84. The summed E-state index contributed by atoms with van der Waals surface area (Å²) in [5.74, 6) is -0.191. The van der Waals surface area contributed by atoms with E-state index in [-0.39, 0.29) is 17.7 Å². The molecule has 5 nitrogen and oxygen atoms in total. The predicted molar refractivity (Wildman–Crippen MR) is 74.1 cm³/mol. The lowest BCUT2D eigenvalue weighted by molar-refractivity contribution is -0.119. The Morgan fingerprint density at radius 2 is 1.95 bits per heavy atom. The van der Waals surface area contributed by atoms with Gasteiger partial charge in [0, 0.05) is 29.8 Å². The van der Waals surface area contributed by atoms with Crippen molar-refractivity contribution >= 4 is 22.4 Å². The van der Waals surface area contributed by atoms with E-state index in [1.165, 1.54) is 0 Å². The van der Waals surface area contributed by atoms with E-state index in [4.69, 9.17) is 10.5 Å². The number of carbonyl (C=O) groups is 1. The number of nitrogen functional groups attached to an aromatic ring is 1. The van der Waals surface area contributed by atoms with Crippen LogP contribution in [0.4, 0.5) is 5.69 Å². The second kappa shape index (κ2) is 6.68. The summed E-state index contributed by atoms with van der Waals surface area (Å²) < 4.78 is 17.2. The van der Waals surface area contributed by atoms with Gasteiger partial charge in [0.15, 0.2) is 0 Å². The van der Waals surface area contributed by atoms with E-state index in [1.54, 1.807) is 24.3 Å². The van der Waals surface area contributed by atoms with Gasteiger partial charge < -0.3 is 15.8 Å². The molecule has 19 heavy (non-hydrogen) atoms. The fourth-order valence-corrected chi connectivity index (χ4v) is 2.86. The highest BCUT2D eigenvalue weighted by Crippen LogP contribution is 2.11. The van der Waals surface area contributed by atoms with Gasteiger partial charge in [-0.3, -0.25) is 9.00 Å². The zero-order valence-corrected chi connectivity index (χ0v) is 11.4. The van der Waals surface area contributed by atoms with Crippen molar-refractivity contribution in [1.29, 1.82) is 0 Å². The fourth-order valence-electron chi connectivity index (χ4n) is 1.93. The maximum Gasteiger partial charge on any atom is 0.233 e. The predicted octanol–water partition coefficient (Wildman–Crippen LogP) is 0.672. The number of anilines is 1. The molecular weight excluding hydrogens is 264 g/mol. The van der Waals surface area contributed by atoms with Crippen LogP contribution in [0.2, 0.25) is 0 Å². The number of benzene rings is 1. The van der Waals surface area contributed by atoms with Crippen LogP contribution in [0, 0.1) is 0 Å². The molecule has 6 heteroatoms. The van der Waals surface area contributed by atoms with Gasteiger partial charge in [0.2, 0.25) is 5.91 Å². The summed E-state index contributed by atoms with van der Waals surface area (Å²) in [6, 6.07) is 6.89. The Hall–Kier alpha value is -1.40. The van der Waals surface area contributed by atoms with Gasteiger partial charge in [-0.15, -0.1) is 0 Å². The van der Waals surface area contributed by atoms with Crippen molar-refractivity contribution in [2.45, 2.75) is 23.8 Å². The number of hydrogen-bond donors (Lipinski definition) is 2. The van der Waals surface area contributed by atoms with Crippen LogP contribution in [0.15, 0.2) is 29.2 Å². The number of amides is 1. The Bertz CT molecular complexity index is 455. The molecule has 0 spiro atoms. The molecule has 1 aliphatic rings. The smallest absolute Gasteiger partial charge is 0.233 e. The lowest BCUT2D eigenvalue weighted by atomic mass is 10.1. The first kappa shape index (κ1) is 14.0. The van der Waals surface area contributed by atoms with Gasteiger partial charge in [-0.1, -0.05) is 0 Å². The first-order valence-electron chi connectivity index (χ1n) is 6.26. The Kier molecular flexibility index (Phi) is 4.93. The minimum Gasteiger partial charge on any atom is -0.399 e. The van der Waals surface area contributed by atoms with Crippen molar-refractivity contribution in [3.63, 3.8) is 0 Å². The van der Waals surface area contributed by atoms with Crippen LogP contribution < -0.4 is 11.1 Å². The van der Waals surface area contributed by atoms with Crippen molar-refractivity contribution in [1.82, 2.24) is 5.32 Å². The third-order valence-electron chi connectivity index (χ3n) is 2.99. The summed E-state index contributed by atoms with van der Waals surface area (Å²) in [4.78, 5) is 12.4. The van der Waals surface area contributed by atoms with Crippen LogP contribution in [0.25, 0.3) is 0 Å². The van der Waals surface area contributed by atoms with Crippen molar-refractivity contribution in [3.8, 4) is 0 Å². The van der Waals surface area contributed by atoms with E-state index in [0.717, 1.165) is 12.8 Å². The molecule has 1 aliphatic heterocycles. The highest BCUT2D eigenvalue weighted by Gasteiger charge is 2.17. The number of ether oxygens (including phenoxy) is 1. The fraction of sp³-hybridized carbons (Fsp3) is 0.462. The van der Waals surface area contributed by atoms with Crippen LogP contribution >= 0.6 is 0 Å². The molecule has 104 valence electrons. The number of nitrogens with two attached hydrogens (primary N) is 1. The SMILES string of the molecule is Nc1ccc(S(=O)CC(=O)NC2CCOCC2)cc1. The zero-order chi connectivity index (χ0) is 13.7.